The Kier molecular flexibility index (Phi) is 3.66. The Morgan fingerprint density at radius 2 is 2.11 bits per heavy atom. The second-order valence-electron chi connectivity index (χ2n) is 4.86. The zero-order chi connectivity index (χ0) is 14.2. The van der Waals surface area contributed by atoms with E-state index in [4.69, 9.17) is 22.4 Å². The highest BCUT2D eigenvalue weighted by molar-refractivity contribution is 6.33. The Labute approximate surface area is 116 Å². The molecule has 0 saturated carbocycles. The number of carbonyl (C=O) groups is 2. The van der Waals surface area contributed by atoms with E-state index in [1.807, 2.05) is 11.8 Å². The Morgan fingerprint density at radius 1 is 1.42 bits per heavy atom. The fraction of sp³-hybridized carbons (Fsp3) is 0.385. The molecule has 1 aliphatic heterocycles. The standard InChI is InChI=1S/C13H15ClN2O3/c1-7-5-16(6-9(7)13(18)19)11-3-2-8(12(15)17)4-10(11)14/h2-4,7,9H,5-6H2,1H3,(H2,15,17)(H,18,19)/t7-,9-/m1/s1. The first kappa shape index (κ1) is 13.7. The summed E-state index contributed by atoms with van der Waals surface area (Å²) < 4.78 is 0. The van der Waals surface area contributed by atoms with Gasteiger partial charge in [0.15, 0.2) is 0 Å². The average Bonchev–Trinajstić information content (AvgIpc) is 2.71. The Morgan fingerprint density at radius 3 is 2.58 bits per heavy atom. The number of carboxylic acids is 1. The number of carbonyl (C=O) groups excluding carboxylic acids is 1. The van der Waals surface area contributed by atoms with Crippen molar-refractivity contribution in [2.75, 3.05) is 18.0 Å². The normalized spacial score (nSPS) is 22.5. The third kappa shape index (κ3) is 2.66. The highest BCUT2D eigenvalue weighted by Gasteiger charge is 2.35. The smallest absolute Gasteiger partial charge is 0.308 e. The van der Waals surface area contributed by atoms with Crippen LogP contribution in [0.4, 0.5) is 5.69 Å². The quantitative estimate of drug-likeness (QED) is 0.882. The third-order valence-electron chi connectivity index (χ3n) is 3.50. The molecule has 0 unspecified atom stereocenters. The van der Waals surface area contributed by atoms with Crippen molar-refractivity contribution in [1.29, 1.82) is 0 Å². The Balaban J connectivity index is 2.24. The van der Waals surface area contributed by atoms with E-state index in [-0.39, 0.29) is 5.92 Å². The van der Waals surface area contributed by atoms with Crippen molar-refractivity contribution in [3.8, 4) is 0 Å². The summed E-state index contributed by atoms with van der Waals surface area (Å²) in [5, 5.41) is 9.53. The predicted molar refractivity (Wildman–Crippen MR) is 72.5 cm³/mol. The minimum atomic E-state index is -0.792. The molecular weight excluding hydrogens is 268 g/mol. The van der Waals surface area contributed by atoms with Crippen LogP contribution in [-0.2, 0) is 4.79 Å². The first-order valence-electron chi connectivity index (χ1n) is 5.97. The molecule has 1 heterocycles. The maximum atomic E-state index is 11.1. The maximum absolute atomic E-state index is 11.1. The lowest BCUT2D eigenvalue weighted by Crippen LogP contribution is -2.23. The zero-order valence-electron chi connectivity index (χ0n) is 10.5. The minimum absolute atomic E-state index is 0.0596. The van der Waals surface area contributed by atoms with Crippen molar-refractivity contribution in [3.63, 3.8) is 0 Å². The van der Waals surface area contributed by atoms with Gasteiger partial charge in [-0.05, 0) is 24.1 Å². The Hall–Kier alpha value is -1.75. The van der Waals surface area contributed by atoms with Crippen LogP contribution in [-0.4, -0.2) is 30.1 Å². The number of nitrogens with zero attached hydrogens (tertiary/aromatic N) is 1. The number of halogens is 1. The second-order valence-corrected chi connectivity index (χ2v) is 5.26. The second kappa shape index (κ2) is 5.09. The summed E-state index contributed by atoms with van der Waals surface area (Å²) in [5.74, 6) is -1.66. The molecular formula is C13H15ClN2O3. The highest BCUT2D eigenvalue weighted by Crippen LogP contribution is 2.33. The molecule has 19 heavy (non-hydrogen) atoms. The summed E-state index contributed by atoms with van der Waals surface area (Å²) in [6.45, 7) is 2.96. The molecule has 2 atom stereocenters. The Bertz CT molecular complexity index is 533. The molecule has 0 aromatic heterocycles. The highest BCUT2D eigenvalue weighted by atomic mass is 35.5. The van der Waals surface area contributed by atoms with Crippen LogP contribution in [0.15, 0.2) is 18.2 Å². The monoisotopic (exact) mass is 282 g/mol. The molecule has 2 rings (SSSR count). The summed E-state index contributed by atoms with van der Waals surface area (Å²) >= 11 is 6.13. The molecule has 0 bridgehead atoms. The number of rotatable bonds is 3. The molecule has 6 heteroatoms. The largest absolute Gasteiger partial charge is 0.481 e. The first-order valence-corrected chi connectivity index (χ1v) is 6.35. The average molecular weight is 283 g/mol. The van der Waals surface area contributed by atoms with Gasteiger partial charge in [-0.15, -0.1) is 0 Å². The van der Waals surface area contributed by atoms with Gasteiger partial charge in [-0.1, -0.05) is 18.5 Å². The van der Waals surface area contributed by atoms with Crippen LogP contribution >= 0.6 is 11.6 Å². The summed E-state index contributed by atoms with van der Waals surface area (Å²) in [6.07, 6.45) is 0. The SMILES string of the molecule is C[C@@H]1CN(c2ccc(C(N)=O)cc2Cl)C[C@H]1C(=O)O. The number of carboxylic acid groups (broad SMARTS) is 1. The van der Waals surface area contributed by atoms with Gasteiger partial charge in [0.1, 0.15) is 0 Å². The van der Waals surface area contributed by atoms with Gasteiger partial charge in [-0.2, -0.15) is 0 Å². The van der Waals surface area contributed by atoms with E-state index in [9.17, 15) is 9.59 Å². The van der Waals surface area contributed by atoms with E-state index in [0.29, 0.717) is 23.7 Å². The molecule has 1 aromatic carbocycles. The van der Waals surface area contributed by atoms with E-state index in [1.165, 1.54) is 6.07 Å². The fourth-order valence-electron chi connectivity index (χ4n) is 2.40. The molecule has 1 fully saturated rings. The van der Waals surface area contributed by atoms with Crippen LogP contribution in [0.3, 0.4) is 0 Å². The van der Waals surface area contributed by atoms with Crippen molar-refractivity contribution in [2.45, 2.75) is 6.92 Å². The van der Waals surface area contributed by atoms with Crippen molar-refractivity contribution < 1.29 is 14.7 Å². The van der Waals surface area contributed by atoms with Gasteiger partial charge < -0.3 is 15.7 Å². The summed E-state index contributed by atoms with van der Waals surface area (Å²) in [6, 6.07) is 4.82. The van der Waals surface area contributed by atoms with Crippen LogP contribution in [0.5, 0.6) is 0 Å². The van der Waals surface area contributed by atoms with Gasteiger partial charge >= 0.3 is 5.97 Å². The summed E-state index contributed by atoms with van der Waals surface area (Å²) in [4.78, 5) is 24.1. The van der Waals surface area contributed by atoms with E-state index in [0.717, 1.165) is 5.69 Å². The van der Waals surface area contributed by atoms with Crippen LogP contribution in [0, 0.1) is 11.8 Å². The van der Waals surface area contributed by atoms with Gasteiger partial charge in [-0.3, -0.25) is 9.59 Å². The number of aliphatic carboxylic acids is 1. The number of anilines is 1. The lowest BCUT2D eigenvalue weighted by Gasteiger charge is -2.20. The molecule has 5 nitrogen and oxygen atoms in total. The number of primary amides is 1. The fourth-order valence-corrected chi connectivity index (χ4v) is 2.70. The van der Waals surface area contributed by atoms with Crippen molar-refractivity contribution >= 4 is 29.2 Å². The third-order valence-corrected chi connectivity index (χ3v) is 3.81. The predicted octanol–water partition coefficient (Wildman–Crippen LogP) is 1.60. The summed E-state index contributed by atoms with van der Waals surface area (Å²) in [5.41, 5.74) is 6.26. The lowest BCUT2D eigenvalue weighted by atomic mass is 9.99. The minimum Gasteiger partial charge on any atom is -0.481 e. The first-order chi connectivity index (χ1) is 8.90. The topological polar surface area (TPSA) is 83.6 Å². The lowest BCUT2D eigenvalue weighted by molar-refractivity contribution is -0.142. The number of amides is 1. The van der Waals surface area contributed by atoms with Gasteiger partial charge in [0.25, 0.3) is 0 Å². The number of hydrogen-bond acceptors (Lipinski definition) is 3. The number of nitrogens with two attached hydrogens (primary N) is 1. The van der Waals surface area contributed by atoms with Crippen LogP contribution in [0.25, 0.3) is 0 Å². The van der Waals surface area contributed by atoms with Crippen molar-refractivity contribution in [1.82, 2.24) is 0 Å². The zero-order valence-corrected chi connectivity index (χ0v) is 11.2. The number of hydrogen-bond donors (Lipinski definition) is 2. The molecule has 1 aromatic rings. The van der Waals surface area contributed by atoms with Gasteiger partial charge in [-0.25, -0.2) is 0 Å². The molecule has 1 aliphatic rings. The van der Waals surface area contributed by atoms with E-state index in [1.54, 1.807) is 12.1 Å². The van der Waals surface area contributed by atoms with E-state index in [2.05, 4.69) is 0 Å². The molecule has 0 aliphatic carbocycles. The molecule has 0 radical (unpaired) electrons. The van der Waals surface area contributed by atoms with Crippen LogP contribution in [0.2, 0.25) is 5.02 Å². The summed E-state index contributed by atoms with van der Waals surface area (Å²) in [7, 11) is 0. The van der Waals surface area contributed by atoms with Crippen LogP contribution in [0.1, 0.15) is 17.3 Å². The molecule has 1 amide bonds. The van der Waals surface area contributed by atoms with E-state index < -0.39 is 17.8 Å². The maximum Gasteiger partial charge on any atom is 0.308 e. The van der Waals surface area contributed by atoms with Crippen molar-refractivity contribution in [3.05, 3.63) is 28.8 Å². The van der Waals surface area contributed by atoms with Gasteiger partial charge in [0.05, 0.1) is 16.6 Å². The van der Waals surface area contributed by atoms with Gasteiger partial charge in [0, 0.05) is 18.7 Å². The van der Waals surface area contributed by atoms with Crippen LogP contribution < -0.4 is 10.6 Å². The molecule has 3 N–H and O–H groups in total. The molecule has 1 saturated heterocycles. The molecule has 102 valence electrons. The van der Waals surface area contributed by atoms with Crippen molar-refractivity contribution in [2.24, 2.45) is 17.6 Å². The van der Waals surface area contributed by atoms with Gasteiger partial charge in [0.2, 0.25) is 5.91 Å². The number of benzene rings is 1. The molecule has 0 spiro atoms. The van der Waals surface area contributed by atoms with E-state index >= 15 is 0 Å².